The van der Waals surface area contributed by atoms with Gasteiger partial charge in [-0.3, -0.25) is 4.79 Å². The molecule has 19 heavy (non-hydrogen) atoms. The van der Waals surface area contributed by atoms with Gasteiger partial charge in [-0.25, -0.2) is 0 Å². The number of hydrogen-bond acceptors (Lipinski definition) is 4. The molecule has 2 aliphatic rings. The summed E-state index contributed by atoms with van der Waals surface area (Å²) in [6.45, 7) is 4.83. The van der Waals surface area contributed by atoms with Crippen LogP contribution in [0.2, 0.25) is 0 Å². The van der Waals surface area contributed by atoms with Crippen LogP contribution < -0.4 is 5.73 Å². The van der Waals surface area contributed by atoms with Crippen molar-refractivity contribution in [2.75, 3.05) is 39.8 Å². The number of hydrogen-bond donors (Lipinski definition) is 1. The molecule has 0 aromatic rings. The van der Waals surface area contributed by atoms with Crippen LogP contribution in [0.1, 0.15) is 32.1 Å². The minimum absolute atomic E-state index is 0.142. The van der Waals surface area contributed by atoms with Gasteiger partial charge in [-0.1, -0.05) is 0 Å². The van der Waals surface area contributed by atoms with Crippen LogP contribution in [-0.2, 0) is 9.53 Å². The Morgan fingerprint density at radius 3 is 2.74 bits per heavy atom. The van der Waals surface area contributed by atoms with E-state index in [-0.39, 0.29) is 12.1 Å². The Labute approximate surface area is 116 Å². The van der Waals surface area contributed by atoms with Crippen molar-refractivity contribution in [1.82, 2.24) is 9.80 Å². The zero-order valence-electron chi connectivity index (χ0n) is 12.0. The number of nitrogens with zero attached hydrogens (tertiary/aromatic N) is 2. The van der Waals surface area contributed by atoms with E-state index >= 15 is 0 Å². The standard InChI is InChI=1S/C14H27N3O2/c1-19-13-11-16(10-6-12(13)15)7-4-5-14(18)17-8-2-3-9-17/h12-13H,2-11,15H2,1H3. The van der Waals surface area contributed by atoms with Gasteiger partial charge in [0, 0.05) is 39.2 Å². The quantitative estimate of drug-likeness (QED) is 0.786. The molecule has 2 fully saturated rings. The van der Waals surface area contributed by atoms with Gasteiger partial charge in [0.05, 0.1) is 6.10 Å². The topological polar surface area (TPSA) is 58.8 Å². The van der Waals surface area contributed by atoms with Crippen molar-refractivity contribution < 1.29 is 9.53 Å². The van der Waals surface area contributed by atoms with E-state index in [2.05, 4.69) is 4.90 Å². The molecular formula is C14H27N3O2. The first kappa shape index (κ1) is 14.8. The zero-order chi connectivity index (χ0) is 13.7. The third-order valence-electron chi connectivity index (χ3n) is 4.32. The number of amides is 1. The maximum Gasteiger partial charge on any atom is 0.222 e. The number of piperidine rings is 1. The fourth-order valence-electron chi connectivity index (χ4n) is 3.03. The molecule has 2 atom stereocenters. The Hall–Kier alpha value is -0.650. The predicted octanol–water partition coefficient (Wildman–Crippen LogP) is 0.437. The van der Waals surface area contributed by atoms with Crippen molar-refractivity contribution in [1.29, 1.82) is 0 Å². The lowest BCUT2D eigenvalue weighted by Gasteiger charge is -2.36. The maximum absolute atomic E-state index is 11.9. The van der Waals surface area contributed by atoms with E-state index in [0.29, 0.717) is 12.3 Å². The summed E-state index contributed by atoms with van der Waals surface area (Å²) in [5.74, 6) is 0.328. The average Bonchev–Trinajstić information content (AvgIpc) is 2.94. The van der Waals surface area contributed by atoms with Gasteiger partial charge in [0.15, 0.2) is 0 Å². The summed E-state index contributed by atoms with van der Waals surface area (Å²) in [4.78, 5) is 16.3. The lowest BCUT2D eigenvalue weighted by atomic mass is 10.0. The Morgan fingerprint density at radius 1 is 1.32 bits per heavy atom. The zero-order valence-corrected chi connectivity index (χ0v) is 12.0. The lowest BCUT2D eigenvalue weighted by Crippen LogP contribution is -2.51. The van der Waals surface area contributed by atoms with Gasteiger partial charge in [0.2, 0.25) is 5.91 Å². The Kier molecular flexibility index (Phi) is 5.60. The van der Waals surface area contributed by atoms with Crippen molar-refractivity contribution in [3.8, 4) is 0 Å². The SMILES string of the molecule is COC1CN(CCCC(=O)N2CCCC2)CCC1N. The van der Waals surface area contributed by atoms with E-state index in [0.717, 1.165) is 45.6 Å². The van der Waals surface area contributed by atoms with Gasteiger partial charge in [-0.15, -0.1) is 0 Å². The molecule has 2 aliphatic heterocycles. The number of carbonyl (C=O) groups excluding carboxylic acids is 1. The molecular weight excluding hydrogens is 242 g/mol. The highest BCUT2D eigenvalue weighted by molar-refractivity contribution is 5.76. The molecule has 0 aromatic carbocycles. The summed E-state index contributed by atoms with van der Waals surface area (Å²) in [5.41, 5.74) is 6.00. The molecule has 2 N–H and O–H groups in total. The molecule has 1 amide bonds. The van der Waals surface area contributed by atoms with Crippen LogP contribution >= 0.6 is 0 Å². The van der Waals surface area contributed by atoms with Crippen molar-refractivity contribution in [3.05, 3.63) is 0 Å². The monoisotopic (exact) mass is 269 g/mol. The highest BCUT2D eigenvalue weighted by Gasteiger charge is 2.26. The Morgan fingerprint density at radius 2 is 2.05 bits per heavy atom. The lowest BCUT2D eigenvalue weighted by molar-refractivity contribution is -0.130. The molecule has 0 saturated carbocycles. The van der Waals surface area contributed by atoms with E-state index in [1.54, 1.807) is 7.11 Å². The molecule has 110 valence electrons. The number of methoxy groups -OCH3 is 1. The predicted molar refractivity (Wildman–Crippen MR) is 74.9 cm³/mol. The van der Waals surface area contributed by atoms with E-state index in [9.17, 15) is 4.79 Å². The number of ether oxygens (including phenoxy) is 1. The van der Waals surface area contributed by atoms with E-state index in [1.165, 1.54) is 12.8 Å². The van der Waals surface area contributed by atoms with Gasteiger partial charge in [-0.2, -0.15) is 0 Å². The largest absolute Gasteiger partial charge is 0.379 e. The van der Waals surface area contributed by atoms with Gasteiger partial charge >= 0.3 is 0 Å². The van der Waals surface area contributed by atoms with Crippen LogP contribution in [0.3, 0.4) is 0 Å². The summed E-state index contributed by atoms with van der Waals surface area (Å²) in [6.07, 6.45) is 5.10. The van der Waals surface area contributed by atoms with Crippen molar-refractivity contribution in [2.24, 2.45) is 5.73 Å². The molecule has 0 spiro atoms. The number of carbonyl (C=O) groups is 1. The second kappa shape index (κ2) is 7.22. The van der Waals surface area contributed by atoms with Crippen LogP contribution in [0.5, 0.6) is 0 Å². The molecule has 0 aliphatic carbocycles. The summed E-state index contributed by atoms with van der Waals surface area (Å²) in [6, 6.07) is 0.160. The maximum atomic E-state index is 11.9. The molecule has 2 rings (SSSR count). The van der Waals surface area contributed by atoms with Crippen LogP contribution in [0, 0.1) is 0 Å². The summed E-state index contributed by atoms with van der Waals surface area (Å²) in [7, 11) is 1.73. The second-order valence-corrected chi connectivity index (χ2v) is 5.72. The molecule has 2 saturated heterocycles. The van der Waals surface area contributed by atoms with Crippen LogP contribution in [0.15, 0.2) is 0 Å². The average molecular weight is 269 g/mol. The number of rotatable bonds is 5. The summed E-state index contributed by atoms with van der Waals surface area (Å²) in [5, 5.41) is 0. The van der Waals surface area contributed by atoms with Crippen LogP contribution in [-0.4, -0.2) is 67.7 Å². The molecule has 0 aromatic heterocycles. The van der Waals surface area contributed by atoms with Gasteiger partial charge in [0.1, 0.15) is 0 Å². The molecule has 0 radical (unpaired) electrons. The first-order chi connectivity index (χ1) is 9.20. The van der Waals surface area contributed by atoms with Crippen molar-refractivity contribution >= 4 is 5.91 Å². The van der Waals surface area contributed by atoms with Crippen molar-refractivity contribution in [2.45, 2.75) is 44.2 Å². The first-order valence-electron chi connectivity index (χ1n) is 7.49. The normalized spacial score (nSPS) is 28.8. The fraction of sp³-hybridized carbons (Fsp3) is 0.929. The van der Waals surface area contributed by atoms with Gasteiger partial charge in [0.25, 0.3) is 0 Å². The minimum atomic E-state index is 0.142. The highest BCUT2D eigenvalue weighted by atomic mass is 16.5. The Balaban J connectivity index is 1.64. The summed E-state index contributed by atoms with van der Waals surface area (Å²) < 4.78 is 5.40. The van der Waals surface area contributed by atoms with E-state index < -0.39 is 0 Å². The summed E-state index contributed by atoms with van der Waals surface area (Å²) >= 11 is 0. The number of nitrogens with two attached hydrogens (primary N) is 1. The third-order valence-corrected chi connectivity index (χ3v) is 4.32. The van der Waals surface area contributed by atoms with Crippen LogP contribution in [0.4, 0.5) is 0 Å². The third kappa shape index (κ3) is 4.16. The fourth-order valence-corrected chi connectivity index (χ4v) is 3.03. The van der Waals surface area contributed by atoms with E-state index in [4.69, 9.17) is 10.5 Å². The Bertz CT molecular complexity index is 292. The molecule has 2 unspecified atom stereocenters. The smallest absolute Gasteiger partial charge is 0.222 e. The van der Waals surface area contributed by atoms with Gasteiger partial charge in [-0.05, 0) is 38.8 Å². The van der Waals surface area contributed by atoms with Crippen molar-refractivity contribution in [3.63, 3.8) is 0 Å². The highest BCUT2D eigenvalue weighted by Crippen LogP contribution is 2.14. The second-order valence-electron chi connectivity index (χ2n) is 5.72. The molecule has 5 nitrogen and oxygen atoms in total. The molecule has 2 heterocycles. The number of likely N-dealkylation sites (tertiary alicyclic amines) is 2. The van der Waals surface area contributed by atoms with Crippen LogP contribution in [0.25, 0.3) is 0 Å². The minimum Gasteiger partial charge on any atom is -0.379 e. The van der Waals surface area contributed by atoms with E-state index in [1.807, 2.05) is 4.90 Å². The van der Waals surface area contributed by atoms with Gasteiger partial charge < -0.3 is 20.3 Å². The molecule has 5 heteroatoms. The molecule has 0 bridgehead atoms. The first-order valence-corrected chi connectivity index (χ1v) is 7.49.